The van der Waals surface area contributed by atoms with E-state index in [4.69, 9.17) is 0 Å². The van der Waals surface area contributed by atoms with E-state index in [-0.39, 0.29) is 11.9 Å². The van der Waals surface area contributed by atoms with Gasteiger partial charge in [0.15, 0.2) is 0 Å². The molecule has 0 aliphatic carbocycles. The van der Waals surface area contributed by atoms with Crippen LogP contribution in [0.3, 0.4) is 0 Å². The highest BCUT2D eigenvalue weighted by atomic mass is 19.1. The molecule has 4 heteroatoms. The van der Waals surface area contributed by atoms with Crippen LogP contribution in [0.1, 0.15) is 22.7 Å². The van der Waals surface area contributed by atoms with E-state index in [0.717, 1.165) is 22.4 Å². The van der Waals surface area contributed by atoms with Crippen LogP contribution >= 0.6 is 0 Å². The SMILES string of the molecule is Cn1ncc2c1-c1ccccc1C=NC2c1ccccc1F. The van der Waals surface area contributed by atoms with E-state index in [9.17, 15) is 4.39 Å². The van der Waals surface area contributed by atoms with Gasteiger partial charge in [-0.1, -0.05) is 42.5 Å². The molecule has 0 spiro atoms. The zero-order valence-electron chi connectivity index (χ0n) is 12.1. The number of benzene rings is 2. The molecule has 1 unspecified atom stereocenters. The van der Waals surface area contributed by atoms with Crippen molar-refractivity contribution in [3.8, 4) is 11.3 Å². The van der Waals surface area contributed by atoms with Gasteiger partial charge in [0.1, 0.15) is 11.9 Å². The van der Waals surface area contributed by atoms with Crippen LogP contribution in [-0.2, 0) is 7.05 Å². The predicted molar refractivity (Wildman–Crippen MR) is 84.5 cm³/mol. The first kappa shape index (κ1) is 13.0. The van der Waals surface area contributed by atoms with Gasteiger partial charge in [0, 0.05) is 35.5 Å². The van der Waals surface area contributed by atoms with Crippen molar-refractivity contribution in [2.45, 2.75) is 6.04 Å². The average Bonchev–Trinajstić information content (AvgIpc) is 2.83. The van der Waals surface area contributed by atoms with Crippen molar-refractivity contribution in [1.82, 2.24) is 9.78 Å². The molecule has 0 N–H and O–H groups in total. The first-order valence-electron chi connectivity index (χ1n) is 7.14. The molecular formula is C18H14FN3. The van der Waals surface area contributed by atoms with Gasteiger partial charge in [-0.25, -0.2) is 4.39 Å². The van der Waals surface area contributed by atoms with Gasteiger partial charge in [0.2, 0.25) is 0 Å². The van der Waals surface area contributed by atoms with Crippen LogP contribution in [0.15, 0.2) is 59.7 Å². The Balaban J connectivity index is 1.99. The first-order chi connectivity index (χ1) is 10.8. The van der Waals surface area contributed by atoms with Gasteiger partial charge < -0.3 is 0 Å². The largest absolute Gasteiger partial charge is 0.279 e. The maximum absolute atomic E-state index is 14.2. The summed E-state index contributed by atoms with van der Waals surface area (Å²) in [6.45, 7) is 0. The summed E-state index contributed by atoms with van der Waals surface area (Å²) in [7, 11) is 1.90. The Labute approximate surface area is 127 Å². The van der Waals surface area contributed by atoms with E-state index in [0.29, 0.717) is 5.56 Å². The number of hydrogen-bond acceptors (Lipinski definition) is 2. The lowest BCUT2D eigenvalue weighted by Gasteiger charge is -2.13. The van der Waals surface area contributed by atoms with Gasteiger partial charge in [0.25, 0.3) is 0 Å². The van der Waals surface area contributed by atoms with Crippen molar-refractivity contribution in [2.75, 3.05) is 0 Å². The molecule has 2 aromatic carbocycles. The summed E-state index contributed by atoms with van der Waals surface area (Å²) in [4.78, 5) is 4.63. The highest BCUT2D eigenvalue weighted by molar-refractivity contribution is 5.92. The number of rotatable bonds is 1. The van der Waals surface area contributed by atoms with Gasteiger partial charge >= 0.3 is 0 Å². The standard InChI is InChI=1S/C18H14FN3/c1-22-18-13-7-3-2-6-12(13)10-20-17(15(18)11-21-22)14-8-4-5-9-16(14)19/h2-11,17H,1H3. The highest BCUT2D eigenvalue weighted by Crippen LogP contribution is 2.38. The molecule has 3 nitrogen and oxygen atoms in total. The van der Waals surface area contributed by atoms with E-state index in [2.05, 4.69) is 10.1 Å². The van der Waals surface area contributed by atoms with Crippen LogP contribution in [0.2, 0.25) is 0 Å². The first-order valence-corrected chi connectivity index (χ1v) is 7.14. The molecule has 0 radical (unpaired) electrons. The van der Waals surface area contributed by atoms with Crippen LogP contribution in [0.4, 0.5) is 4.39 Å². The summed E-state index contributed by atoms with van der Waals surface area (Å²) in [6.07, 6.45) is 3.61. The molecule has 2 heterocycles. The second-order valence-corrected chi connectivity index (χ2v) is 5.36. The minimum atomic E-state index is -0.378. The van der Waals surface area contributed by atoms with E-state index in [1.54, 1.807) is 18.3 Å². The fraction of sp³-hybridized carbons (Fsp3) is 0.111. The normalized spacial score (nSPS) is 16.0. The quantitative estimate of drug-likeness (QED) is 0.671. The number of hydrogen-bond donors (Lipinski definition) is 0. The molecule has 1 atom stereocenters. The van der Waals surface area contributed by atoms with E-state index < -0.39 is 0 Å². The number of aryl methyl sites for hydroxylation is 1. The Morgan fingerprint density at radius 1 is 1.00 bits per heavy atom. The topological polar surface area (TPSA) is 30.2 Å². The van der Waals surface area contributed by atoms with Gasteiger partial charge in [-0.3, -0.25) is 9.67 Å². The number of fused-ring (bicyclic) bond motifs is 3. The van der Waals surface area contributed by atoms with Gasteiger partial charge in [-0.05, 0) is 6.07 Å². The summed E-state index contributed by atoms with van der Waals surface area (Å²) in [5.41, 5.74) is 4.57. The number of halogens is 1. The van der Waals surface area contributed by atoms with Crippen molar-refractivity contribution < 1.29 is 4.39 Å². The van der Waals surface area contributed by atoms with Crippen molar-refractivity contribution in [3.05, 3.63) is 77.2 Å². The second-order valence-electron chi connectivity index (χ2n) is 5.36. The van der Waals surface area contributed by atoms with Crippen molar-refractivity contribution >= 4 is 6.21 Å². The minimum absolute atomic E-state index is 0.245. The highest BCUT2D eigenvalue weighted by Gasteiger charge is 2.26. The molecule has 0 bridgehead atoms. The van der Waals surface area contributed by atoms with Crippen LogP contribution in [0.5, 0.6) is 0 Å². The van der Waals surface area contributed by atoms with E-state index in [1.165, 1.54) is 6.07 Å². The third-order valence-electron chi connectivity index (χ3n) is 4.04. The summed E-state index contributed by atoms with van der Waals surface area (Å²) < 4.78 is 16.1. The zero-order chi connectivity index (χ0) is 15.1. The smallest absolute Gasteiger partial charge is 0.128 e. The number of aliphatic imine (C=N–C) groups is 1. The Kier molecular flexibility index (Phi) is 2.89. The second kappa shape index (κ2) is 4.91. The van der Waals surface area contributed by atoms with Gasteiger partial charge in [-0.2, -0.15) is 5.10 Å². The fourth-order valence-corrected chi connectivity index (χ4v) is 2.99. The summed E-state index contributed by atoms with van der Waals surface area (Å²) in [5.74, 6) is -0.245. The lowest BCUT2D eigenvalue weighted by molar-refractivity contribution is 0.600. The molecule has 0 saturated carbocycles. The molecule has 1 aromatic heterocycles. The Morgan fingerprint density at radius 3 is 2.64 bits per heavy atom. The average molecular weight is 291 g/mol. The van der Waals surface area contributed by atoms with Crippen LogP contribution in [0.25, 0.3) is 11.3 Å². The molecule has 0 amide bonds. The van der Waals surface area contributed by atoms with Gasteiger partial charge in [0.05, 0.1) is 11.9 Å². The molecule has 1 aliphatic heterocycles. The Hall–Kier alpha value is -2.75. The van der Waals surface area contributed by atoms with Crippen LogP contribution in [0, 0.1) is 5.82 Å². The van der Waals surface area contributed by atoms with Crippen LogP contribution in [-0.4, -0.2) is 16.0 Å². The summed E-state index contributed by atoms with van der Waals surface area (Å²) >= 11 is 0. The van der Waals surface area contributed by atoms with Crippen molar-refractivity contribution in [2.24, 2.45) is 12.0 Å². The maximum Gasteiger partial charge on any atom is 0.128 e. The maximum atomic E-state index is 14.2. The fourth-order valence-electron chi connectivity index (χ4n) is 2.99. The molecule has 0 saturated heterocycles. The molecule has 4 rings (SSSR count). The molecule has 1 aliphatic rings. The predicted octanol–water partition coefficient (Wildman–Crippen LogP) is 3.75. The van der Waals surface area contributed by atoms with Crippen molar-refractivity contribution in [1.29, 1.82) is 0 Å². The Morgan fingerprint density at radius 2 is 1.77 bits per heavy atom. The molecule has 0 fully saturated rings. The molecule has 3 aromatic rings. The third kappa shape index (κ3) is 1.88. The van der Waals surface area contributed by atoms with E-state index in [1.807, 2.05) is 48.3 Å². The van der Waals surface area contributed by atoms with Gasteiger partial charge in [-0.15, -0.1) is 0 Å². The molecule has 22 heavy (non-hydrogen) atoms. The van der Waals surface area contributed by atoms with E-state index >= 15 is 0 Å². The molecular weight excluding hydrogens is 277 g/mol. The number of aromatic nitrogens is 2. The molecule has 108 valence electrons. The zero-order valence-corrected chi connectivity index (χ0v) is 12.1. The monoisotopic (exact) mass is 291 g/mol. The summed E-state index contributed by atoms with van der Waals surface area (Å²) in [6, 6.07) is 14.4. The lowest BCUT2D eigenvalue weighted by atomic mass is 9.96. The summed E-state index contributed by atoms with van der Waals surface area (Å²) in [5, 5.41) is 4.36. The number of nitrogens with zero attached hydrogens (tertiary/aromatic N) is 3. The minimum Gasteiger partial charge on any atom is -0.279 e. The Bertz CT molecular complexity index is 880. The van der Waals surface area contributed by atoms with Crippen LogP contribution < -0.4 is 0 Å². The lowest BCUT2D eigenvalue weighted by Crippen LogP contribution is -2.02. The van der Waals surface area contributed by atoms with Crippen molar-refractivity contribution in [3.63, 3.8) is 0 Å². The third-order valence-corrected chi connectivity index (χ3v) is 4.04.